The Hall–Kier alpha value is -2.15. The van der Waals surface area contributed by atoms with Gasteiger partial charge in [-0.1, -0.05) is 23.7 Å². The average Bonchev–Trinajstić information content (AvgIpc) is 2.65. The van der Waals surface area contributed by atoms with Crippen molar-refractivity contribution >= 4 is 23.2 Å². The summed E-state index contributed by atoms with van der Waals surface area (Å²) in [6, 6.07) is 11.2. The van der Waals surface area contributed by atoms with Gasteiger partial charge in [0.15, 0.2) is 0 Å². The Balaban J connectivity index is 1.44. The maximum absolute atomic E-state index is 12.2. The first-order valence-corrected chi connectivity index (χ1v) is 9.00. The molecule has 1 aliphatic heterocycles. The standard InChI is InChI=1S/C19H23ClN4O2/c1-26-19-12-15(6-7-21-19)13-23-8-10-24(11-9-23)14-18(25)22-17-5-3-2-4-16(17)20/h2-7,12H,8-11,13-14H2,1H3,(H,22,25). The minimum absolute atomic E-state index is 0.0366. The lowest BCUT2D eigenvalue weighted by atomic mass is 10.2. The van der Waals surface area contributed by atoms with Crippen LogP contribution in [0, 0.1) is 0 Å². The van der Waals surface area contributed by atoms with E-state index in [4.69, 9.17) is 16.3 Å². The van der Waals surface area contributed by atoms with Gasteiger partial charge in [0, 0.05) is 45.0 Å². The van der Waals surface area contributed by atoms with E-state index in [9.17, 15) is 4.79 Å². The van der Waals surface area contributed by atoms with Gasteiger partial charge in [-0.15, -0.1) is 0 Å². The molecule has 0 spiro atoms. The number of ether oxygens (including phenoxy) is 1. The Morgan fingerprint density at radius 1 is 1.19 bits per heavy atom. The van der Waals surface area contributed by atoms with Crippen LogP contribution in [0.3, 0.4) is 0 Å². The van der Waals surface area contributed by atoms with Crippen molar-refractivity contribution in [1.29, 1.82) is 0 Å². The highest BCUT2D eigenvalue weighted by Gasteiger charge is 2.19. The Kier molecular flexibility index (Phi) is 6.44. The van der Waals surface area contributed by atoms with E-state index in [1.807, 2.05) is 24.3 Å². The molecule has 1 aromatic heterocycles. The van der Waals surface area contributed by atoms with Crippen LogP contribution in [0.1, 0.15) is 5.56 Å². The van der Waals surface area contributed by atoms with Crippen LogP contribution in [0.4, 0.5) is 5.69 Å². The molecule has 138 valence electrons. The van der Waals surface area contributed by atoms with E-state index in [0.717, 1.165) is 32.7 Å². The molecule has 1 aliphatic rings. The second kappa shape index (κ2) is 8.98. The number of carbonyl (C=O) groups is 1. The quantitative estimate of drug-likeness (QED) is 0.841. The van der Waals surface area contributed by atoms with Gasteiger partial charge in [-0.2, -0.15) is 0 Å². The molecule has 0 bridgehead atoms. The Morgan fingerprint density at radius 2 is 1.92 bits per heavy atom. The summed E-state index contributed by atoms with van der Waals surface area (Å²) in [5.41, 5.74) is 1.84. The van der Waals surface area contributed by atoms with Crippen molar-refractivity contribution in [2.45, 2.75) is 6.54 Å². The third-order valence-electron chi connectivity index (χ3n) is 4.39. The molecule has 1 saturated heterocycles. The number of para-hydroxylation sites is 1. The molecule has 1 fully saturated rings. The van der Waals surface area contributed by atoms with Crippen molar-refractivity contribution in [1.82, 2.24) is 14.8 Å². The molecule has 0 unspecified atom stereocenters. The number of carbonyl (C=O) groups excluding carboxylic acids is 1. The number of piperazine rings is 1. The van der Waals surface area contributed by atoms with Gasteiger partial charge in [0.2, 0.25) is 11.8 Å². The smallest absolute Gasteiger partial charge is 0.238 e. The summed E-state index contributed by atoms with van der Waals surface area (Å²) in [5, 5.41) is 3.43. The Bertz CT molecular complexity index is 748. The zero-order valence-electron chi connectivity index (χ0n) is 14.8. The highest BCUT2D eigenvalue weighted by Crippen LogP contribution is 2.20. The fraction of sp³-hybridized carbons (Fsp3) is 0.368. The summed E-state index contributed by atoms with van der Waals surface area (Å²) in [5.74, 6) is 0.600. The number of nitrogens with zero attached hydrogens (tertiary/aromatic N) is 3. The normalized spacial score (nSPS) is 15.6. The number of aromatic nitrogens is 1. The number of halogens is 1. The molecule has 6 nitrogen and oxygen atoms in total. The van der Waals surface area contributed by atoms with Crippen LogP contribution in [0.5, 0.6) is 5.88 Å². The zero-order valence-corrected chi connectivity index (χ0v) is 15.6. The number of rotatable bonds is 6. The second-order valence-corrected chi connectivity index (χ2v) is 6.69. The van der Waals surface area contributed by atoms with Crippen LogP contribution in [0.15, 0.2) is 42.6 Å². The van der Waals surface area contributed by atoms with Gasteiger partial charge in [-0.25, -0.2) is 4.98 Å². The van der Waals surface area contributed by atoms with Crippen molar-refractivity contribution in [2.24, 2.45) is 0 Å². The van der Waals surface area contributed by atoms with E-state index in [-0.39, 0.29) is 5.91 Å². The van der Waals surface area contributed by atoms with Crippen molar-refractivity contribution in [3.05, 3.63) is 53.2 Å². The minimum Gasteiger partial charge on any atom is -0.481 e. The molecule has 0 aliphatic carbocycles. The van der Waals surface area contributed by atoms with Crippen LogP contribution in [0.25, 0.3) is 0 Å². The lowest BCUT2D eigenvalue weighted by molar-refractivity contribution is -0.117. The molecule has 1 N–H and O–H groups in total. The van der Waals surface area contributed by atoms with Gasteiger partial charge >= 0.3 is 0 Å². The molecule has 0 saturated carbocycles. The fourth-order valence-corrected chi connectivity index (χ4v) is 3.16. The maximum Gasteiger partial charge on any atom is 0.238 e. The Labute approximate surface area is 158 Å². The first-order valence-electron chi connectivity index (χ1n) is 8.62. The first kappa shape index (κ1) is 18.6. The molecule has 0 radical (unpaired) electrons. The van der Waals surface area contributed by atoms with E-state index in [2.05, 4.69) is 20.1 Å². The van der Waals surface area contributed by atoms with E-state index < -0.39 is 0 Å². The van der Waals surface area contributed by atoms with Crippen molar-refractivity contribution in [3.8, 4) is 5.88 Å². The maximum atomic E-state index is 12.2. The summed E-state index contributed by atoms with van der Waals surface area (Å²) in [4.78, 5) is 20.9. The van der Waals surface area contributed by atoms with Crippen LogP contribution in [-0.4, -0.2) is 60.5 Å². The van der Waals surface area contributed by atoms with E-state index in [1.54, 1.807) is 25.4 Å². The van der Waals surface area contributed by atoms with Gasteiger partial charge in [-0.3, -0.25) is 14.6 Å². The number of anilines is 1. The third-order valence-corrected chi connectivity index (χ3v) is 4.72. The van der Waals surface area contributed by atoms with Crippen molar-refractivity contribution < 1.29 is 9.53 Å². The molecule has 1 amide bonds. The number of benzene rings is 1. The predicted octanol–water partition coefficient (Wildman–Crippen LogP) is 2.50. The highest BCUT2D eigenvalue weighted by atomic mass is 35.5. The van der Waals surface area contributed by atoms with Crippen molar-refractivity contribution in [2.75, 3.05) is 45.2 Å². The summed E-state index contributed by atoms with van der Waals surface area (Å²) in [6.45, 7) is 4.80. The number of hydrogen-bond donors (Lipinski definition) is 1. The lowest BCUT2D eigenvalue weighted by Crippen LogP contribution is -2.48. The summed E-state index contributed by atoms with van der Waals surface area (Å²) < 4.78 is 5.17. The van der Waals surface area contributed by atoms with Crippen LogP contribution in [-0.2, 0) is 11.3 Å². The SMILES string of the molecule is COc1cc(CN2CCN(CC(=O)Nc3ccccc3Cl)CC2)ccn1. The minimum atomic E-state index is -0.0366. The predicted molar refractivity (Wildman–Crippen MR) is 103 cm³/mol. The van der Waals surface area contributed by atoms with Gasteiger partial charge < -0.3 is 10.1 Å². The van der Waals surface area contributed by atoms with Gasteiger partial charge in [0.05, 0.1) is 24.4 Å². The van der Waals surface area contributed by atoms with E-state index >= 15 is 0 Å². The Morgan fingerprint density at radius 3 is 2.65 bits per heavy atom. The molecular weight excluding hydrogens is 352 g/mol. The third kappa shape index (κ3) is 5.17. The van der Waals surface area contributed by atoms with Crippen LogP contribution in [0.2, 0.25) is 5.02 Å². The topological polar surface area (TPSA) is 57.7 Å². The summed E-state index contributed by atoms with van der Waals surface area (Å²) in [6.07, 6.45) is 1.77. The highest BCUT2D eigenvalue weighted by molar-refractivity contribution is 6.33. The molecule has 7 heteroatoms. The molecule has 3 rings (SSSR count). The number of methoxy groups -OCH3 is 1. The van der Waals surface area contributed by atoms with Gasteiger partial charge in [0.1, 0.15) is 0 Å². The van der Waals surface area contributed by atoms with Gasteiger partial charge in [-0.05, 0) is 23.8 Å². The zero-order chi connectivity index (χ0) is 18.4. The van der Waals surface area contributed by atoms with E-state index in [1.165, 1.54) is 5.56 Å². The number of pyridine rings is 1. The van der Waals surface area contributed by atoms with Crippen molar-refractivity contribution in [3.63, 3.8) is 0 Å². The molecule has 1 aromatic carbocycles. The fourth-order valence-electron chi connectivity index (χ4n) is 2.98. The number of hydrogen-bond acceptors (Lipinski definition) is 5. The average molecular weight is 375 g/mol. The molecule has 0 atom stereocenters. The monoisotopic (exact) mass is 374 g/mol. The first-order chi connectivity index (χ1) is 12.6. The largest absolute Gasteiger partial charge is 0.481 e. The van der Waals surface area contributed by atoms with Crippen LogP contribution < -0.4 is 10.1 Å². The number of nitrogens with one attached hydrogen (secondary N) is 1. The molecule has 2 aromatic rings. The summed E-state index contributed by atoms with van der Waals surface area (Å²) >= 11 is 6.08. The molecule has 26 heavy (non-hydrogen) atoms. The lowest BCUT2D eigenvalue weighted by Gasteiger charge is -2.34. The number of amides is 1. The molecule has 2 heterocycles. The van der Waals surface area contributed by atoms with Crippen LogP contribution >= 0.6 is 11.6 Å². The molecular formula is C19H23ClN4O2. The van der Waals surface area contributed by atoms with Gasteiger partial charge in [0.25, 0.3) is 0 Å². The second-order valence-electron chi connectivity index (χ2n) is 6.29. The van der Waals surface area contributed by atoms with E-state index in [0.29, 0.717) is 23.1 Å². The summed E-state index contributed by atoms with van der Waals surface area (Å²) in [7, 11) is 1.62.